The maximum Gasteiger partial charge on any atom is 0.224 e. The number of anilines is 1. The van der Waals surface area contributed by atoms with Crippen LogP contribution in [0.1, 0.15) is 32.3 Å². The van der Waals surface area contributed by atoms with Gasteiger partial charge in [-0.25, -0.2) is 0 Å². The second-order valence-electron chi connectivity index (χ2n) is 4.70. The Morgan fingerprint density at radius 1 is 1.44 bits per heavy atom. The molecule has 1 aromatic carbocycles. The van der Waals surface area contributed by atoms with E-state index in [1.165, 1.54) is 0 Å². The molecule has 0 aliphatic carbocycles. The molecule has 1 N–H and O–H groups in total. The Kier molecular flexibility index (Phi) is 3.65. The highest BCUT2D eigenvalue weighted by Crippen LogP contribution is 2.27. The number of aryl methyl sites for hydroxylation is 1. The van der Waals surface area contributed by atoms with Crippen molar-refractivity contribution in [2.45, 2.75) is 39.2 Å². The second kappa shape index (κ2) is 5.21. The summed E-state index contributed by atoms with van der Waals surface area (Å²) in [5.74, 6) is 0.829. The maximum atomic E-state index is 11.3. The zero-order valence-electron chi connectivity index (χ0n) is 10.7. The molecule has 0 bridgehead atoms. The molecule has 1 atom stereocenters. The van der Waals surface area contributed by atoms with Gasteiger partial charge in [-0.05, 0) is 31.9 Å². The fourth-order valence-electron chi connectivity index (χ4n) is 2.10. The summed E-state index contributed by atoms with van der Waals surface area (Å²) in [6.07, 6.45) is 1.54. The van der Waals surface area contributed by atoms with E-state index in [-0.39, 0.29) is 17.8 Å². The van der Waals surface area contributed by atoms with Crippen LogP contribution >= 0.6 is 0 Å². The van der Waals surface area contributed by atoms with Crippen LogP contribution < -0.4 is 10.1 Å². The molecule has 2 rings (SSSR count). The molecular formula is C14H17NO3. The lowest BCUT2D eigenvalue weighted by molar-refractivity contribution is -0.118. The van der Waals surface area contributed by atoms with Gasteiger partial charge >= 0.3 is 0 Å². The van der Waals surface area contributed by atoms with Gasteiger partial charge in [-0.2, -0.15) is 0 Å². The fraction of sp³-hybridized carbons (Fsp3) is 0.429. The number of nitrogens with one attached hydrogen (secondary N) is 1. The van der Waals surface area contributed by atoms with Gasteiger partial charge in [0, 0.05) is 24.6 Å². The minimum absolute atomic E-state index is 0.0384. The Labute approximate surface area is 106 Å². The number of fused-ring (bicyclic) bond motifs is 1. The summed E-state index contributed by atoms with van der Waals surface area (Å²) in [7, 11) is 0. The van der Waals surface area contributed by atoms with Crippen LogP contribution in [0, 0.1) is 0 Å². The third kappa shape index (κ3) is 3.09. The molecule has 4 heteroatoms. The molecule has 0 saturated heterocycles. The molecule has 1 aliphatic heterocycles. The van der Waals surface area contributed by atoms with Crippen LogP contribution in [0.15, 0.2) is 18.2 Å². The highest BCUT2D eigenvalue weighted by molar-refractivity contribution is 5.94. The Morgan fingerprint density at radius 2 is 2.22 bits per heavy atom. The predicted octanol–water partition coefficient (Wildman–Crippen LogP) is 2.32. The van der Waals surface area contributed by atoms with Gasteiger partial charge in [0.05, 0.1) is 0 Å². The van der Waals surface area contributed by atoms with E-state index in [0.29, 0.717) is 18.6 Å². The number of hydrogen-bond donors (Lipinski definition) is 1. The van der Waals surface area contributed by atoms with Gasteiger partial charge in [0.15, 0.2) is 0 Å². The Bertz CT molecular complexity index is 482. The van der Waals surface area contributed by atoms with Crippen molar-refractivity contribution in [2.24, 2.45) is 0 Å². The van der Waals surface area contributed by atoms with Crippen molar-refractivity contribution in [1.82, 2.24) is 0 Å². The average Bonchev–Trinajstić information content (AvgIpc) is 2.27. The number of Topliss-reactive ketones (excluding diaryl/α,β-unsaturated/α-hetero) is 1. The van der Waals surface area contributed by atoms with Crippen molar-refractivity contribution >= 4 is 17.4 Å². The molecule has 0 spiro atoms. The minimum Gasteiger partial charge on any atom is -0.490 e. The normalized spacial score (nSPS) is 15.6. The number of ketones is 1. The topological polar surface area (TPSA) is 55.4 Å². The van der Waals surface area contributed by atoms with Crippen LogP contribution in [-0.2, 0) is 16.0 Å². The number of rotatable bonds is 4. The first-order valence-electron chi connectivity index (χ1n) is 6.13. The minimum atomic E-state index is -0.153. The lowest BCUT2D eigenvalue weighted by Crippen LogP contribution is -2.19. The summed E-state index contributed by atoms with van der Waals surface area (Å²) < 4.78 is 5.65. The van der Waals surface area contributed by atoms with E-state index in [1.807, 2.05) is 25.1 Å². The summed E-state index contributed by atoms with van der Waals surface area (Å²) in [5.41, 5.74) is 1.94. The summed E-state index contributed by atoms with van der Waals surface area (Å²) >= 11 is 0. The zero-order valence-corrected chi connectivity index (χ0v) is 10.7. The molecule has 4 nitrogen and oxygen atoms in total. The van der Waals surface area contributed by atoms with Crippen molar-refractivity contribution in [2.75, 3.05) is 5.32 Å². The Morgan fingerprint density at radius 3 is 2.94 bits per heavy atom. The van der Waals surface area contributed by atoms with Gasteiger partial charge in [0.2, 0.25) is 5.91 Å². The van der Waals surface area contributed by atoms with Gasteiger partial charge < -0.3 is 10.1 Å². The number of carbonyl (C=O) groups is 2. The Balaban J connectivity index is 2.08. The number of benzene rings is 1. The van der Waals surface area contributed by atoms with E-state index in [0.717, 1.165) is 17.7 Å². The molecular weight excluding hydrogens is 230 g/mol. The van der Waals surface area contributed by atoms with Crippen LogP contribution in [0.25, 0.3) is 0 Å². The molecule has 0 aromatic heterocycles. The van der Waals surface area contributed by atoms with Gasteiger partial charge in [-0.3, -0.25) is 9.59 Å². The second-order valence-corrected chi connectivity index (χ2v) is 4.70. The average molecular weight is 247 g/mol. The molecule has 0 saturated carbocycles. The molecule has 0 radical (unpaired) electrons. The lowest BCUT2D eigenvalue weighted by atomic mass is 10.0. The smallest absolute Gasteiger partial charge is 0.224 e. The van der Waals surface area contributed by atoms with Crippen molar-refractivity contribution in [3.05, 3.63) is 23.8 Å². The summed E-state index contributed by atoms with van der Waals surface area (Å²) in [5, 5.41) is 2.83. The lowest BCUT2D eigenvalue weighted by Gasteiger charge is -2.19. The summed E-state index contributed by atoms with van der Waals surface area (Å²) in [6, 6.07) is 5.67. The SMILES string of the molecule is CC(=O)CC(C)Oc1ccc2c(c1)NC(=O)CC2. The van der Waals surface area contributed by atoms with Crippen LogP contribution in [-0.4, -0.2) is 17.8 Å². The first kappa shape index (κ1) is 12.6. The van der Waals surface area contributed by atoms with Crippen LogP contribution in [0.4, 0.5) is 5.69 Å². The van der Waals surface area contributed by atoms with Gasteiger partial charge in [0.25, 0.3) is 0 Å². The highest BCUT2D eigenvalue weighted by atomic mass is 16.5. The van der Waals surface area contributed by atoms with E-state index in [9.17, 15) is 9.59 Å². The standard InChI is InChI=1S/C14H17NO3/c1-9(16)7-10(2)18-12-5-3-11-4-6-14(17)15-13(11)8-12/h3,5,8,10H,4,6-7H2,1-2H3,(H,15,17). The highest BCUT2D eigenvalue weighted by Gasteiger charge is 2.16. The summed E-state index contributed by atoms with van der Waals surface area (Å²) in [4.78, 5) is 22.3. The van der Waals surface area contributed by atoms with Crippen LogP contribution in [0.5, 0.6) is 5.75 Å². The number of carbonyl (C=O) groups excluding carboxylic acids is 2. The first-order valence-corrected chi connectivity index (χ1v) is 6.13. The van der Waals surface area contributed by atoms with E-state index in [4.69, 9.17) is 4.74 Å². The molecule has 18 heavy (non-hydrogen) atoms. The van der Waals surface area contributed by atoms with Crippen molar-refractivity contribution in [1.29, 1.82) is 0 Å². The first-order chi connectivity index (χ1) is 8.54. The largest absolute Gasteiger partial charge is 0.490 e. The molecule has 1 heterocycles. The number of ether oxygens (including phenoxy) is 1. The van der Waals surface area contributed by atoms with Crippen LogP contribution in [0.3, 0.4) is 0 Å². The molecule has 0 fully saturated rings. The third-order valence-electron chi connectivity index (χ3n) is 2.89. The van der Waals surface area contributed by atoms with E-state index < -0.39 is 0 Å². The quantitative estimate of drug-likeness (QED) is 0.888. The van der Waals surface area contributed by atoms with E-state index >= 15 is 0 Å². The third-order valence-corrected chi connectivity index (χ3v) is 2.89. The van der Waals surface area contributed by atoms with E-state index in [1.54, 1.807) is 6.92 Å². The molecule has 96 valence electrons. The maximum absolute atomic E-state index is 11.3. The van der Waals surface area contributed by atoms with Gasteiger partial charge in [-0.1, -0.05) is 6.07 Å². The molecule has 1 amide bonds. The van der Waals surface area contributed by atoms with Gasteiger partial charge in [0.1, 0.15) is 17.6 Å². The van der Waals surface area contributed by atoms with E-state index in [2.05, 4.69) is 5.32 Å². The molecule has 1 aliphatic rings. The van der Waals surface area contributed by atoms with Gasteiger partial charge in [-0.15, -0.1) is 0 Å². The van der Waals surface area contributed by atoms with Crippen molar-refractivity contribution in [3.8, 4) is 5.75 Å². The van der Waals surface area contributed by atoms with Crippen LogP contribution in [0.2, 0.25) is 0 Å². The molecule has 1 unspecified atom stereocenters. The number of hydrogen-bond acceptors (Lipinski definition) is 3. The number of amides is 1. The molecule has 1 aromatic rings. The monoisotopic (exact) mass is 247 g/mol. The van der Waals surface area contributed by atoms with Crippen molar-refractivity contribution in [3.63, 3.8) is 0 Å². The zero-order chi connectivity index (χ0) is 13.1. The fourth-order valence-corrected chi connectivity index (χ4v) is 2.10. The Hall–Kier alpha value is -1.84. The summed E-state index contributed by atoms with van der Waals surface area (Å²) in [6.45, 7) is 3.41. The predicted molar refractivity (Wildman–Crippen MR) is 68.8 cm³/mol. The van der Waals surface area contributed by atoms with Crippen molar-refractivity contribution < 1.29 is 14.3 Å².